The summed E-state index contributed by atoms with van der Waals surface area (Å²) < 4.78 is 5.77. The van der Waals surface area contributed by atoms with Gasteiger partial charge in [0.25, 0.3) is 0 Å². The summed E-state index contributed by atoms with van der Waals surface area (Å²) in [5.41, 5.74) is 2.42. The Labute approximate surface area is 126 Å². The van der Waals surface area contributed by atoms with Crippen LogP contribution in [0.25, 0.3) is 0 Å². The third-order valence-corrected chi connectivity index (χ3v) is 3.63. The fraction of sp³-hybridized carbons (Fsp3) is 0.316. The highest BCUT2D eigenvalue weighted by atomic mass is 16.5. The first-order valence-electron chi connectivity index (χ1n) is 7.41. The first kappa shape index (κ1) is 15.3. The van der Waals surface area contributed by atoms with Crippen LogP contribution in [0.2, 0.25) is 0 Å². The molecule has 2 rings (SSSR count). The second-order valence-electron chi connectivity index (χ2n) is 5.49. The number of rotatable bonds is 7. The van der Waals surface area contributed by atoms with Gasteiger partial charge in [0.05, 0.1) is 0 Å². The second-order valence-corrected chi connectivity index (χ2v) is 5.49. The summed E-state index contributed by atoms with van der Waals surface area (Å²) in [6.07, 6.45) is 1.55. The van der Waals surface area contributed by atoms with Gasteiger partial charge in [0.1, 0.15) is 18.1 Å². The first-order chi connectivity index (χ1) is 10.1. The van der Waals surface area contributed by atoms with Crippen molar-refractivity contribution >= 4 is 5.78 Å². The molecule has 1 atom stereocenters. The molecule has 2 nitrogen and oxygen atoms in total. The second kappa shape index (κ2) is 7.63. The number of hydrogen-bond acceptors (Lipinski definition) is 2. The van der Waals surface area contributed by atoms with E-state index in [4.69, 9.17) is 4.74 Å². The van der Waals surface area contributed by atoms with Crippen LogP contribution in [0, 0.1) is 0 Å². The van der Waals surface area contributed by atoms with Gasteiger partial charge in [0.15, 0.2) is 0 Å². The van der Waals surface area contributed by atoms with E-state index in [1.807, 2.05) is 30.3 Å². The van der Waals surface area contributed by atoms with E-state index in [-0.39, 0.29) is 5.78 Å². The van der Waals surface area contributed by atoms with Crippen LogP contribution in [-0.2, 0) is 11.4 Å². The normalized spacial score (nSPS) is 11.9. The minimum atomic E-state index is 0.254. The molecular weight excluding hydrogens is 260 g/mol. The smallest absolute Gasteiger partial charge is 0.129 e. The number of Topliss-reactive ketones (excluding diaryl/α,β-unsaturated/α-hetero) is 1. The number of ether oxygens (including phenoxy) is 1. The molecule has 0 radical (unpaired) electrons. The summed E-state index contributed by atoms with van der Waals surface area (Å²) in [6, 6.07) is 18.3. The maximum Gasteiger partial charge on any atom is 0.129 e. The largest absolute Gasteiger partial charge is 0.489 e. The Morgan fingerprint density at radius 3 is 2.33 bits per heavy atom. The van der Waals surface area contributed by atoms with Gasteiger partial charge in [-0.2, -0.15) is 0 Å². The van der Waals surface area contributed by atoms with Crippen molar-refractivity contribution in [1.29, 1.82) is 0 Å². The van der Waals surface area contributed by atoms with Gasteiger partial charge in [-0.15, -0.1) is 0 Å². The van der Waals surface area contributed by atoms with E-state index in [1.54, 1.807) is 6.92 Å². The zero-order valence-electron chi connectivity index (χ0n) is 12.7. The molecular formula is C19H22O2. The summed E-state index contributed by atoms with van der Waals surface area (Å²) in [4.78, 5) is 11.0. The van der Waals surface area contributed by atoms with Crippen molar-refractivity contribution in [3.8, 4) is 5.75 Å². The maximum absolute atomic E-state index is 11.0. The lowest BCUT2D eigenvalue weighted by Gasteiger charge is -2.12. The van der Waals surface area contributed by atoms with Crippen molar-refractivity contribution in [3.05, 3.63) is 65.7 Å². The highest BCUT2D eigenvalue weighted by Gasteiger charge is 2.07. The molecule has 0 aromatic heterocycles. The number of hydrogen-bond donors (Lipinski definition) is 0. The van der Waals surface area contributed by atoms with Crippen LogP contribution < -0.4 is 4.74 Å². The minimum Gasteiger partial charge on any atom is -0.489 e. The predicted molar refractivity (Wildman–Crippen MR) is 85.5 cm³/mol. The molecule has 2 aromatic carbocycles. The van der Waals surface area contributed by atoms with E-state index in [2.05, 4.69) is 31.2 Å². The number of carbonyl (C=O) groups excluding carboxylic acids is 1. The van der Waals surface area contributed by atoms with E-state index < -0.39 is 0 Å². The molecule has 110 valence electrons. The molecule has 0 aliphatic rings. The van der Waals surface area contributed by atoms with Crippen molar-refractivity contribution in [3.63, 3.8) is 0 Å². The van der Waals surface area contributed by atoms with E-state index in [1.165, 1.54) is 5.56 Å². The van der Waals surface area contributed by atoms with E-state index in [9.17, 15) is 4.79 Å². The Morgan fingerprint density at radius 1 is 1.05 bits per heavy atom. The average molecular weight is 282 g/mol. The van der Waals surface area contributed by atoms with Crippen LogP contribution >= 0.6 is 0 Å². The Morgan fingerprint density at radius 2 is 1.71 bits per heavy atom. The lowest BCUT2D eigenvalue weighted by atomic mass is 9.95. The van der Waals surface area contributed by atoms with E-state index >= 15 is 0 Å². The monoisotopic (exact) mass is 282 g/mol. The summed E-state index contributed by atoms with van der Waals surface area (Å²) in [6.45, 7) is 4.39. The fourth-order valence-electron chi connectivity index (χ4n) is 2.22. The summed E-state index contributed by atoms with van der Waals surface area (Å²) in [5.74, 6) is 1.53. The van der Waals surface area contributed by atoms with Crippen molar-refractivity contribution in [2.75, 3.05) is 0 Å². The molecule has 0 aliphatic carbocycles. The summed E-state index contributed by atoms with van der Waals surface area (Å²) in [7, 11) is 0. The molecule has 2 aromatic rings. The molecule has 0 fully saturated rings. The average Bonchev–Trinajstić information content (AvgIpc) is 2.52. The van der Waals surface area contributed by atoms with Gasteiger partial charge >= 0.3 is 0 Å². The molecule has 0 heterocycles. The van der Waals surface area contributed by atoms with Gasteiger partial charge in [-0.25, -0.2) is 0 Å². The molecule has 0 saturated heterocycles. The molecule has 2 heteroatoms. The first-order valence-corrected chi connectivity index (χ1v) is 7.41. The standard InChI is InChI=1S/C19H22O2/c1-15(8-9-16(2)20)18-10-12-19(13-11-18)21-14-17-6-4-3-5-7-17/h3-7,10-13,15H,8-9,14H2,1-2H3. The quantitative estimate of drug-likeness (QED) is 0.733. The maximum atomic E-state index is 11.0. The lowest BCUT2D eigenvalue weighted by molar-refractivity contribution is -0.117. The highest BCUT2D eigenvalue weighted by Crippen LogP contribution is 2.23. The Kier molecular flexibility index (Phi) is 5.56. The zero-order valence-corrected chi connectivity index (χ0v) is 12.7. The fourth-order valence-corrected chi connectivity index (χ4v) is 2.22. The van der Waals surface area contributed by atoms with Gasteiger partial charge in [0, 0.05) is 6.42 Å². The Bertz CT molecular complexity index is 558. The SMILES string of the molecule is CC(=O)CCC(C)c1ccc(OCc2ccccc2)cc1. The Hall–Kier alpha value is -2.09. The molecule has 21 heavy (non-hydrogen) atoms. The predicted octanol–water partition coefficient (Wildman–Crippen LogP) is 4.74. The van der Waals surface area contributed by atoms with Crippen molar-refractivity contribution in [2.24, 2.45) is 0 Å². The number of ketones is 1. The van der Waals surface area contributed by atoms with Gasteiger partial charge in [-0.3, -0.25) is 0 Å². The highest BCUT2D eigenvalue weighted by molar-refractivity contribution is 5.75. The van der Waals surface area contributed by atoms with E-state index in [0.717, 1.165) is 17.7 Å². The molecule has 0 aliphatic heterocycles. The van der Waals surface area contributed by atoms with Gasteiger partial charge in [-0.05, 0) is 42.5 Å². The van der Waals surface area contributed by atoms with E-state index in [0.29, 0.717) is 18.9 Å². The van der Waals surface area contributed by atoms with Crippen molar-refractivity contribution in [2.45, 2.75) is 39.2 Å². The summed E-state index contributed by atoms with van der Waals surface area (Å²) in [5, 5.41) is 0. The van der Waals surface area contributed by atoms with Crippen LogP contribution in [0.3, 0.4) is 0 Å². The lowest BCUT2D eigenvalue weighted by Crippen LogP contribution is -1.99. The minimum absolute atomic E-state index is 0.254. The summed E-state index contributed by atoms with van der Waals surface area (Å²) >= 11 is 0. The van der Waals surface area contributed by atoms with Gasteiger partial charge in [0.2, 0.25) is 0 Å². The molecule has 0 saturated carbocycles. The number of benzene rings is 2. The van der Waals surface area contributed by atoms with Crippen LogP contribution in [0.1, 0.15) is 43.7 Å². The Balaban J connectivity index is 1.88. The van der Waals surface area contributed by atoms with Gasteiger partial charge in [-0.1, -0.05) is 49.4 Å². The molecule has 0 N–H and O–H groups in total. The topological polar surface area (TPSA) is 26.3 Å². The van der Waals surface area contributed by atoms with Crippen LogP contribution in [0.4, 0.5) is 0 Å². The van der Waals surface area contributed by atoms with Crippen molar-refractivity contribution in [1.82, 2.24) is 0 Å². The van der Waals surface area contributed by atoms with Gasteiger partial charge < -0.3 is 9.53 Å². The third kappa shape index (κ3) is 5.07. The van der Waals surface area contributed by atoms with Crippen molar-refractivity contribution < 1.29 is 9.53 Å². The molecule has 0 amide bonds. The molecule has 0 spiro atoms. The van der Waals surface area contributed by atoms with Crippen LogP contribution in [0.5, 0.6) is 5.75 Å². The number of carbonyl (C=O) groups is 1. The molecule has 0 bridgehead atoms. The van der Waals surface area contributed by atoms with Crippen LogP contribution in [0.15, 0.2) is 54.6 Å². The molecule has 1 unspecified atom stereocenters. The third-order valence-electron chi connectivity index (χ3n) is 3.63. The van der Waals surface area contributed by atoms with Crippen LogP contribution in [-0.4, -0.2) is 5.78 Å². The zero-order chi connectivity index (χ0) is 15.1.